The van der Waals surface area contributed by atoms with Gasteiger partial charge in [0.15, 0.2) is 0 Å². The SMILES string of the molecule is CCNC1CCCCC1N(C)CC(F)(F)F. The highest BCUT2D eigenvalue weighted by Gasteiger charge is 2.35. The molecular weight excluding hydrogens is 217 g/mol. The Morgan fingerprint density at radius 2 is 1.88 bits per heavy atom. The van der Waals surface area contributed by atoms with Gasteiger partial charge in [-0.15, -0.1) is 0 Å². The molecule has 1 aliphatic carbocycles. The Morgan fingerprint density at radius 3 is 2.44 bits per heavy atom. The van der Waals surface area contributed by atoms with Crippen LogP contribution in [0.25, 0.3) is 0 Å². The van der Waals surface area contributed by atoms with E-state index in [9.17, 15) is 13.2 Å². The summed E-state index contributed by atoms with van der Waals surface area (Å²) < 4.78 is 36.9. The summed E-state index contributed by atoms with van der Waals surface area (Å²) in [6.07, 6.45) is -0.0866. The summed E-state index contributed by atoms with van der Waals surface area (Å²) in [5, 5.41) is 3.29. The first-order valence-electron chi connectivity index (χ1n) is 5.94. The van der Waals surface area contributed by atoms with Crippen LogP contribution in [-0.2, 0) is 0 Å². The van der Waals surface area contributed by atoms with Crippen LogP contribution in [0.2, 0.25) is 0 Å². The molecule has 1 aliphatic rings. The number of nitrogens with zero attached hydrogens (tertiary/aromatic N) is 1. The Kier molecular flexibility index (Phi) is 5.05. The van der Waals surface area contributed by atoms with E-state index >= 15 is 0 Å². The van der Waals surface area contributed by atoms with Crippen molar-refractivity contribution < 1.29 is 13.2 Å². The molecule has 1 saturated carbocycles. The van der Waals surface area contributed by atoms with E-state index in [4.69, 9.17) is 0 Å². The molecule has 0 saturated heterocycles. The van der Waals surface area contributed by atoms with Crippen LogP contribution >= 0.6 is 0 Å². The van der Waals surface area contributed by atoms with Crippen LogP contribution in [0.4, 0.5) is 13.2 Å². The molecule has 0 aliphatic heterocycles. The summed E-state index contributed by atoms with van der Waals surface area (Å²) >= 11 is 0. The molecule has 1 fully saturated rings. The van der Waals surface area contributed by atoms with Crippen molar-refractivity contribution in [2.75, 3.05) is 20.1 Å². The molecule has 2 atom stereocenters. The van der Waals surface area contributed by atoms with Gasteiger partial charge in [0.2, 0.25) is 0 Å². The number of alkyl halides is 3. The van der Waals surface area contributed by atoms with E-state index in [0.717, 1.165) is 32.2 Å². The first kappa shape index (κ1) is 13.8. The van der Waals surface area contributed by atoms with Gasteiger partial charge < -0.3 is 5.32 Å². The average molecular weight is 238 g/mol. The summed E-state index contributed by atoms with van der Waals surface area (Å²) in [6, 6.07) is 0.237. The molecule has 0 aromatic rings. The van der Waals surface area contributed by atoms with Gasteiger partial charge in [0, 0.05) is 12.1 Å². The number of rotatable bonds is 4. The molecule has 0 bridgehead atoms. The lowest BCUT2D eigenvalue weighted by molar-refractivity contribution is -0.149. The number of halogens is 3. The summed E-state index contributed by atoms with van der Waals surface area (Å²) in [7, 11) is 1.58. The van der Waals surface area contributed by atoms with Crippen LogP contribution in [-0.4, -0.2) is 43.3 Å². The topological polar surface area (TPSA) is 15.3 Å². The third kappa shape index (κ3) is 4.29. The van der Waals surface area contributed by atoms with Gasteiger partial charge in [0.25, 0.3) is 0 Å². The van der Waals surface area contributed by atoms with E-state index in [1.165, 1.54) is 4.90 Å². The fourth-order valence-electron chi connectivity index (χ4n) is 2.54. The van der Waals surface area contributed by atoms with E-state index in [-0.39, 0.29) is 12.1 Å². The van der Waals surface area contributed by atoms with Crippen molar-refractivity contribution in [2.45, 2.75) is 50.9 Å². The number of hydrogen-bond acceptors (Lipinski definition) is 2. The molecule has 0 amide bonds. The molecule has 0 heterocycles. The predicted octanol–water partition coefficient (Wildman–Crippen LogP) is 2.40. The van der Waals surface area contributed by atoms with Crippen molar-refractivity contribution in [3.63, 3.8) is 0 Å². The Bertz CT molecular complexity index is 204. The standard InChI is InChI=1S/C11H21F3N2/c1-3-15-9-6-4-5-7-10(9)16(2)8-11(12,13)14/h9-10,15H,3-8H2,1-2H3. The zero-order valence-corrected chi connectivity index (χ0v) is 9.98. The highest BCUT2D eigenvalue weighted by atomic mass is 19.4. The van der Waals surface area contributed by atoms with Crippen LogP contribution in [0.1, 0.15) is 32.6 Å². The maximum absolute atomic E-state index is 12.3. The van der Waals surface area contributed by atoms with Crippen LogP contribution in [0, 0.1) is 0 Å². The second-order valence-corrected chi connectivity index (χ2v) is 4.55. The van der Waals surface area contributed by atoms with Crippen molar-refractivity contribution >= 4 is 0 Å². The fraction of sp³-hybridized carbons (Fsp3) is 1.00. The summed E-state index contributed by atoms with van der Waals surface area (Å²) in [5.74, 6) is 0. The minimum absolute atomic E-state index is 0.0234. The molecule has 0 radical (unpaired) electrons. The maximum Gasteiger partial charge on any atom is 0.401 e. The van der Waals surface area contributed by atoms with Crippen molar-refractivity contribution in [3.8, 4) is 0 Å². The summed E-state index contributed by atoms with van der Waals surface area (Å²) in [5.41, 5.74) is 0. The highest BCUT2D eigenvalue weighted by molar-refractivity contribution is 4.87. The number of hydrogen-bond donors (Lipinski definition) is 1. The van der Waals surface area contributed by atoms with Gasteiger partial charge in [-0.1, -0.05) is 19.8 Å². The Balaban J connectivity index is 2.53. The van der Waals surface area contributed by atoms with Crippen LogP contribution in [0.15, 0.2) is 0 Å². The lowest BCUT2D eigenvalue weighted by Crippen LogP contribution is -2.52. The third-order valence-corrected chi connectivity index (χ3v) is 3.19. The van der Waals surface area contributed by atoms with Gasteiger partial charge in [-0.2, -0.15) is 13.2 Å². The third-order valence-electron chi connectivity index (χ3n) is 3.19. The molecule has 1 N–H and O–H groups in total. The Morgan fingerprint density at radius 1 is 1.25 bits per heavy atom. The minimum atomic E-state index is -4.09. The normalized spacial score (nSPS) is 27.4. The molecule has 5 heteroatoms. The van der Waals surface area contributed by atoms with Crippen molar-refractivity contribution in [2.24, 2.45) is 0 Å². The van der Waals surface area contributed by atoms with Crippen LogP contribution in [0.3, 0.4) is 0 Å². The predicted molar refractivity (Wildman–Crippen MR) is 58.4 cm³/mol. The molecule has 16 heavy (non-hydrogen) atoms. The second-order valence-electron chi connectivity index (χ2n) is 4.55. The van der Waals surface area contributed by atoms with Gasteiger partial charge in [-0.05, 0) is 26.4 Å². The van der Waals surface area contributed by atoms with Crippen molar-refractivity contribution in [1.82, 2.24) is 10.2 Å². The first-order chi connectivity index (χ1) is 7.44. The van der Waals surface area contributed by atoms with E-state index in [0.29, 0.717) is 0 Å². The van der Waals surface area contributed by atoms with Gasteiger partial charge in [-0.25, -0.2) is 0 Å². The van der Waals surface area contributed by atoms with E-state index in [1.807, 2.05) is 6.92 Å². The van der Waals surface area contributed by atoms with Crippen LogP contribution < -0.4 is 5.32 Å². The van der Waals surface area contributed by atoms with Crippen molar-refractivity contribution in [1.29, 1.82) is 0 Å². The van der Waals surface area contributed by atoms with Gasteiger partial charge in [-0.3, -0.25) is 4.90 Å². The number of nitrogens with one attached hydrogen (secondary N) is 1. The lowest BCUT2D eigenvalue weighted by atomic mass is 9.89. The van der Waals surface area contributed by atoms with E-state index in [1.54, 1.807) is 7.05 Å². The Hall–Kier alpha value is -0.290. The average Bonchev–Trinajstić information content (AvgIpc) is 2.16. The zero-order valence-electron chi connectivity index (χ0n) is 9.98. The summed E-state index contributed by atoms with van der Waals surface area (Å²) in [6.45, 7) is 2.01. The molecule has 0 aromatic carbocycles. The van der Waals surface area contributed by atoms with Gasteiger partial charge >= 0.3 is 6.18 Å². The Labute approximate surface area is 95.2 Å². The molecule has 2 nitrogen and oxygen atoms in total. The lowest BCUT2D eigenvalue weighted by Gasteiger charge is -2.38. The molecule has 0 aromatic heterocycles. The van der Waals surface area contributed by atoms with Crippen LogP contribution in [0.5, 0.6) is 0 Å². The highest BCUT2D eigenvalue weighted by Crippen LogP contribution is 2.25. The molecule has 2 unspecified atom stereocenters. The van der Waals surface area contributed by atoms with Gasteiger partial charge in [0.05, 0.1) is 6.54 Å². The van der Waals surface area contributed by atoms with Crippen molar-refractivity contribution in [3.05, 3.63) is 0 Å². The molecular formula is C11H21F3N2. The first-order valence-corrected chi connectivity index (χ1v) is 5.94. The molecule has 0 spiro atoms. The quantitative estimate of drug-likeness (QED) is 0.809. The largest absolute Gasteiger partial charge is 0.401 e. The molecule has 1 rings (SSSR count). The minimum Gasteiger partial charge on any atom is -0.313 e. The second kappa shape index (κ2) is 5.87. The van der Waals surface area contributed by atoms with Gasteiger partial charge in [0.1, 0.15) is 0 Å². The fourth-order valence-corrected chi connectivity index (χ4v) is 2.54. The smallest absolute Gasteiger partial charge is 0.313 e. The zero-order chi connectivity index (χ0) is 12.2. The molecule has 96 valence electrons. The monoisotopic (exact) mass is 238 g/mol. The summed E-state index contributed by atoms with van der Waals surface area (Å²) in [4.78, 5) is 1.45. The van der Waals surface area contributed by atoms with E-state index < -0.39 is 12.7 Å². The van der Waals surface area contributed by atoms with E-state index in [2.05, 4.69) is 5.32 Å². The maximum atomic E-state index is 12.3. The number of likely N-dealkylation sites (N-methyl/N-ethyl adjacent to an activating group) is 2.